The lowest BCUT2D eigenvalue weighted by Gasteiger charge is -2.20. The van der Waals surface area contributed by atoms with Gasteiger partial charge in [-0.15, -0.1) is 0 Å². The smallest absolute Gasteiger partial charge is 0.123 e. The molecule has 0 aromatic heterocycles. The van der Waals surface area contributed by atoms with E-state index in [2.05, 4.69) is 12.2 Å². The van der Waals surface area contributed by atoms with Gasteiger partial charge in [-0.3, -0.25) is 0 Å². The van der Waals surface area contributed by atoms with Crippen LogP contribution in [0, 0.1) is 0 Å². The van der Waals surface area contributed by atoms with E-state index in [0.717, 1.165) is 11.3 Å². The fourth-order valence-electron chi connectivity index (χ4n) is 1.59. The third-order valence-electron chi connectivity index (χ3n) is 2.41. The molecule has 84 valence electrons. The highest BCUT2D eigenvalue weighted by Gasteiger charge is 2.12. The van der Waals surface area contributed by atoms with Gasteiger partial charge in [0.25, 0.3) is 0 Å². The van der Waals surface area contributed by atoms with Crippen molar-refractivity contribution in [3.8, 4) is 5.75 Å². The van der Waals surface area contributed by atoms with Crippen LogP contribution in [0.1, 0.15) is 25.5 Å². The molecule has 1 aromatic rings. The Hall–Kier alpha value is -1.06. The Kier molecular flexibility index (Phi) is 4.59. The first-order valence-corrected chi connectivity index (χ1v) is 5.18. The van der Waals surface area contributed by atoms with E-state index in [0.29, 0.717) is 0 Å². The number of aliphatic hydroxyl groups excluding tert-OH is 1. The molecular weight excluding hydrogens is 190 g/mol. The summed E-state index contributed by atoms with van der Waals surface area (Å²) < 4.78 is 5.28. The van der Waals surface area contributed by atoms with Gasteiger partial charge in [0.05, 0.1) is 13.7 Å². The van der Waals surface area contributed by atoms with Gasteiger partial charge in [-0.1, -0.05) is 18.2 Å². The number of para-hydroxylation sites is 1. The summed E-state index contributed by atoms with van der Waals surface area (Å²) in [7, 11) is 1.67. The zero-order valence-corrected chi connectivity index (χ0v) is 9.53. The zero-order valence-electron chi connectivity index (χ0n) is 9.53. The van der Waals surface area contributed by atoms with E-state index in [-0.39, 0.29) is 18.7 Å². The molecule has 0 aliphatic heterocycles. The maximum absolute atomic E-state index is 8.96. The monoisotopic (exact) mass is 209 g/mol. The normalized spacial score (nSPS) is 14.7. The van der Waals surface area contributed by atoms with Gasteiger partial charge < -0.3 is 15.2 Å². The minimum Gasteiger partial charge on any atom is -0.496 e. The first-order chi connectivity index (χ1) is 7.19. The van der Waals surface area contributed by atoms with Gasteiger partial charge in [0.2, 0.25) is 0 Å². The van der Waals surface area contributed by atoms with E-state index >= 15 is 0 Å². The molecule has 0 aliphatic rings. The van der Waals surface area contributed by atoms with Gasteiger partial charge in [0.1, 0.15) is 5.75 Å². The van der Waals surface area contributed by atoms with Gasteiger partial charge in [-0.05, 0) is 19.9 Å². The number of ether oxygens (including phenoxy) is 1. The Bertz CT molecular complexity index is 301. The predicted molar refractivity (Wildman–Crippen MR) is 61.1 cm³/mol. The Balaban J connectivity index is 2.76. The molecule has 0 aliphatic carbocycles. The lowest BCUT2D eigenvalue weighted by Crippen LogP contribution is -2.31. The van der Waals surface area contributed by atoms with Gasteiger partial charge in [0, 0.05) is 17.6 Å². The molecule has 0 saturated carbocycles. The van der Waals surface area contributed by atoms with Crippen molar-refractivity contribution in [3.63, 3.8) is 0 Å². The summed E-state index contributed by atoms with van der Waals surface area (Å²) in [5.74, 6) is 0.877. The summed E-state index contributed by atoms with van der Waals surface area (Å²) in [4.78, 5) is 0. The lowest BCUT2D eigenvalue weighted by atomic mass is 10.1. The lowest BCUT2D eigenvalue weighted by molar-refractivity contribution is 0.242. The van der Waals surface area contributed by atoms with Crippen LogP contribution in [0.2, 0.25) is 0 Å². The van der Waals surface area contributed by atoms with E-state index in [1.165, 1.54) is 0 Å². The second-order valence-corrected chi connectivity index (χ2v) is 3.71. The first kappa shape index (κ1) is 12.0. The van der Waals surface area contributed by atoms with Crippen molar-refractivity contribution in [2.24, 2.45) is 0 Å². The number of rotatable bonds is 5. The van der Waals surface area contributed by atoms with Crippen LogP contribution in [-0.2, 0) is 0 Å². The highest BCUT2D eigenvalue weighted by atomic mass is 16.5. The maximum Gasteiger partial charge on any atom is 0.123 e. The van der Waals surface area contributed by atoms with Gasteiger partial charge in [-0.25, -0.2) is 0 Å². The van der Waals surface area contributed by atoms with Gasteiger partial charge in [-0.2, -0.15) is 0 Å². The van der Waals surface area contributed by atoms with Crippen molar-refractivity contribution in [2.45, 2.75) is 25.9 Å². The number of benzene rings is 1. The number of hydrogen-bond acceptors (Lipinski definition) is 3. The van der Waals surface area contributed by atoms with E-state index in [9.17, 15) is 0 Å². The second-order valence-electron chi connectivity index (χ2n) is 3.71. The molecule has 0 fully saturated rings. The third-order valence-corrected chi connectivity index (χ3v) is 2.41. The Morgan fingerprint density at radius 1 is 1.33 bits per heavy atom. The standard InChI is InChI=1S/C12H19NO2/c1-9(8-14)13-10(2)11-6-4-5-7-12(11)15-3/h4-7,9-10,13-14H,8H2,1-3H3/t9-,10?/m1/s1. The molecule has 3 heteroatoms. The predicted octanol–water partition coefficient (Wildman–Crippen LogP) is 1.73. The van der Waals surface area contributed by atoms with Crippen molar-refractivity contribution in [2.75, 3.05) is 13.7 Å². The number of methoxy groups -OCH3 is 1. The molecule has 0 bridgehead atoms. The van der Waals surface area contributed by atoms with Crippen LogP contribution in [0.5, 0.6) is 5.75 Å². The fraction of sp³-hybridized carbons (Fsp3) is 0.500. The van der Waals surface area contributed by atoms with Crippen LogP contribution in [0.15, 0.2) is 24.3 Å². The molecule has 2 N–H and O–H groups in total. The van der Waals surface area contributed by atoms with Crippen molar-refractivity contribution < 1.29 is 9.84 Å². The van der Waals surface area contributed by atoms with E-state index < -0.39 is 0 Å². The van der Waals surface area contributed by atoms with Gasteiger partial charge >= 0.3 is 0 Å². The highest BCUT2D eigenvalue weighted by Crippen LogP contribution is 2.24. The molecule has 2 atom stereocenters. The van der Waals surface area contributed by atoms with Gasteiger partial charge in [0.15, 0.2) is 0 Å². The largest absolute Gasteiger partial charge is 0.496 e. The molecule has 15 heavy (non-hydrogen) atoms. The summed E-state index contributed by atoms with van der Waals surface area (Å²) in [5, 5.41) is 12.3. The van der Waals surface area contributed by atoms with Crippen molar-refractivity contribution in [1.29, 1.82) is 0 Å². The minimum absolute atomic E-state index is 0.0879. The molecular formula is C12H19NO2. The molecule has 1 aromatic carbocycles. The quantitative estimate of drug-likeness (QED) is 0.776. The molecule has 1 unspecified atom stereocenters. The topological polar surface area (TPSA) is 41.5 Å². The molecule has 3 nitrogen and oxygen atoms in total. The van der Waals surface area contributed by atoms with E-state index in [4.69, 9.17) is 9.84 Å². The molecule has 1 rings (SSSR count). The molecule has 0 heterocycles. The molecule has 0 radical (unpaired) electrons. The average Bonchev–Trinajstić information content (AvgIpc) is 2.28. The van der Waals surface area contributed by atoms with E-state index in [1.807, 2.05) is 31.2 Å². The summed E-state index contributed by atoms with van der Waals surface area (Å²) in [6, 6.07) is 8.16. The third kappa shape index (κ3) is 3.22. The number of aliphatic hydroxyl groups is 1. The summed E-state index contributed by atoms with van der Waals surface area (Å²) >= 11 is 0. The Morgan fingerprint density at radius 2 is 2.00 bits per heavy atom. The molecule has 0 spiro atoms. The van der Waals surface area contributed by atoms with Crippen molar-refractivity contribution in [1.82, 2.24) is 5.32 Å². The second kappa shape index (κ2) is 5.73. The SMILES string of the molecule is COc1ccccc1C(C)N[C@H](C)CO. The van der Waals surface area contributed by atoms with Crippen LogP contribution in [0.25, 0.3) is 0 Å². The highest BCUT2D eigenvalue weighted by molar-refractivity contribution is 5.35. The zero-order chi connectivity index (χ0) is 11.3. The van der Waals surface area contributed by atoms with Crippen molar-refractivity contribution >= 4 is 0 Å². The fourth-order valence-corrected chi connectivity index (χ4v) is 1.59. The molecule has 0 amide bonds. The maximum atomic E-state index is 8.96. The van der Waals surface area contributed by atoms with Crippen LogP contribution < -0.4 is 10.1 Å². The average molecular weight is 209 g/mol. The summed E-state index contributed by atoms with van der Waals surface area (Å²) in [6.45, 7) is 4.15. The minimum atomic E-state index is 0.0879. The summed E-state index contributed by atoms with van der Waals surface area (Å²) in [5.41, 5.74) is 1.11. The van der Waals surface area contributed by atoms with Crippen LogP contribution in [-0.4, -0.2) is 24.9 Å². The van der Waals surface area contributed by atoms with Crippen LogP contribution >= 0.6 is 0 Å². The Morgan fingerprint density at radius 3 is 2.60 bits per heavy atom. The Labute approximate surface area is 91.1 Å². The van der Waals surface area contributed by atoms with Crippen molar-refractivity contribution in [3.05, 3.63) is 29.8 Å². The molecule has 0 saturated heterocycles. The first-order valence-electron chi connectivity index (χ1n) is 5.18. The van der Waals surface area contributed by atoms with E-state index in [1.54, 1.807) is 7.11 Å². The number of nitrogens with one attached hydrogen (secondary N) is 1. The summed E-state index contributed by atoms with van der Waals surface area (Å²) in [6.07, 6.45) is 0. The van der Waals surface area contributed by atoms with Crippen LogP contribution in [0.4, 0.5) is 0 Å². The number of hydrogen-bond donors (Lipinski definition) is 2. The van der Waals surface area contributed by atoms with Crippen LogP contribution in [0.3, 0.4) is 0 Å².